The first-order valence-electron chi connectivity index (χ1n) is 6.59. The van der Waals surface area contributed by atoms with E-state index in [1.807, 2.05) is 0 Å². The molecule has 0 aromatic heterocycles. The summed E-state index contributed by atoms with van der Waals surface area (Å²) in [5, 5.41) is 9.67. The molecule has 0 aromatic carbocycles. The van der Waals surface area contributed by atoms with Crippen LogP contribution in [-0.2, 0) is 0 Å². The molecule has 100 valence electrons. The lowest BCUT2D eigenvalue weighted by Gasteiger charge is -2.52. The second kappa shape index (κ2) is 4.30. The molecule has 0 amide bonds. The van der Waals surface area contributed by atoms with E-state index >= 15 is 0 Å². The molecule has 0 spiro atoms. The predicted molar refractivity (Wildman–Crippen MR) is 75.6 cm³/mol. The van der Waals surface area contributed by atoms with Gasteiger partial charge in [0.05, 0.1) is 12.0 Å². The van der Waals surface area contributed by atoms with Gasteiger partial charge in [0.2, 0.25) is 0 Å². The van der Waals surface area contributed by atoms with Crippen LogP contribution in [0.4, 0.5) is 0 Å². The molecule has 0 aliphatic carbocycles. The first-order valence-corrected chi connectivity index (χ1v) is 6.59. The van der Waals surface area contributed by atoms with Crippen molar-refractivity contribution in [1.29, 1.82) is 5.26 Å². The Bertz CT molecular complexity index is 276. The summed E-state index contributed by atoms with van der Waals surface area (Å²) in [6.07, 6.45) is 0. The normalized spacial score (nSPS) is 14.9. The van der Waals surface area contributed by atoms with Crippen LogP contribution in [0.25, 0.3) is 0 Å². The maximum Gasteiger partial charge on any atom is 0.0667 e. The van der Waals surface area contributed by atoms with Crippen LogP contribution < -0.4 is 0 Å². The molecule has 0 aliphatic heterocycles. The van der Waals surface area contributed by atoms with Gasteiger partial charge in [-0.15, -0.1) is 0 Å². The van der Waals surface area contributed by atoms with Crippen LogP contribution in [0.5, 0.6) is 0 Å². The molecule has 0 rings (SSSR count). The van der Waals surface area contributed by atoms with Crippen LogP contribution in [0.15, 0.2) is 0 Å². The molecule has 1 nitrogen and oxygen atoms in total. The van der Waals surface area contributed by atoms with Crippen molar-refractivity contribution in [2.75, 3.05) is 0 Å². The highest BCUT2D eigenvalue weighted by atomic mass is 14.6. The van der Waals surface area contributed by atoms with E-state index in [0.717, 1.165) is 0 Å². The zero-order chi connectivity index (χ0) is 14.3. The Morgan fingerprint density at radius 1 is 0.647 bits per heavy atom. The molecule has 0 radical (unpaired) electrons. The molecule has 0 saturated carbocycles. The van der Waals surface area contributed by atoms with Crippen LogP contribution in [-0.4, -0.2) is 0 Å². The smallest absolute Gasteiger partial charge is 0.0667 e. The van der Waals surface area contributed by atoms with Gasteiger partial charge in [0.25, 0.3) is 0 Å². The summed E-state index contributed by atoms with van der Waals surface area (Å²) in [5.41, 5.74) is 0.211. The molecule has 0 atom stereocenters. The lowest BCUT2D eigenvalue weighted by molar-refractivity contribution is -0.0360. The molecule has 0 fully saturated rings. The van der Waals surface area contributed by atoms with Gasteiger partial charge in [-0.1, -0.05) is 69.2 Å². The highest BCUT2D eigenvalue weighted by Crippen LogP contribution is 2.55. The molecule has 0 unspecified atom stereocenters. The van der Waals surface area contributed by atoms with Crippen LogP contribution in [0.2, 0.25) is 0 Å². The predicted octanol–water partition coefficient (Wildman–Crippen LogP) is 5.27. The average molecular weight is 237 g/mol. The van der Waals surface area contributed by atoms with Gasteiger partial charge in [-0.25, -0.2) is 0 Å². The van der Waals surface area contributed by atoms with E-state index in [4.69, 9.17) is 0 Å². The number of hydrogen-bond donors (Lipinski definition) is 0. The minimum absolute atomic E-state index is 0.0153. The quantitative estimate of drug-likeness (QED) is 0.641. The van der Waals surface area contributed by atoms with Gasteiger partial charge in [-0.05, 0) is 21.7 Å². The minimum atomic E-state index is -0.0153. The maximum atomic E-state index is 9.67. The van der Waals surface area contributed by atoms with Crippen molar-refractivity contribution in [3.63, 3.8) is 0 Å². The highest BCUT2D eigenvalue weighted by molar-refractivity contribution is 5.08. The van der Waals surface area contributed by atoms with Crippen molar-refractivity contribution in [2.24, 2.45) is 27.6 Å². The molecule has 0 heterocycles. The monoisotopic (exact) mass is 237 g/mol. The maximum absolute atomic E-state index is 9.67. The number of rotatable bonds is 2. The molecular formula is C16H31N. The van der Waals surface area contributed by atoms with E-state index in [0.29, 0.717) is 0 Å². The lowest BCUT2D eigenvalue weighted by Crippen LogP contribution is -2.48. The third-order valence-electron chi connectivity index (χ3n) is 5.44. The molecule has 17 heavy (non-hydrogen) atoms. The summed E-state index contributed by atoms with van der Waals surface area (Å²) in [6.45, 7) is 22.3. The van der Waals surface area contributed by atoms with Gasteiger partial charge < -0.3 is 0 Å². The first kappa shape index (κ1) is 16.5. The summed E-state index contributed by atoms with van der Waals surface area (Å²) in [6, 6.07) is 2.60. The van der Waals surface area contributed by atoms with Gasteiger partial charge in [0.1, 0.15) is 0 Å². The van der Waals surface area contributed by atoms with Crippen molar-refractivity contribution in [3.05, 3.63) is 0 Å². The molecule has 0 N–H and O–H groups in total. The van der Waals surface area contributed by atoms with Crippen molar-refractivity contribution < 1.29 is 0 Å². The Morgan fingerprint density at radius 2 is 0.882 bits per heavy atom. The molecular weight excluding hydrogens is 206 g/mol. The van der Waals surface area contributed by atoms with E-state index in [-0.39, 0.29) is 27.6 Å². The average Bonchev–Trinajstić information content (AvgIpc) is 1.99. The second-order valence-corrected chi connectivity index (χ2v) is 8.51. The summed E-state index contributed by atoms with van der Waals surface area (Å²) < 4.78 is 0. The van der Waals surface area contributed by atoms with Crippen LogP contribution in [0.1, 0.15) is 69.2 Å². The largest absolute Gasteiger partial charge is 0.198 e. The summed E-state index contributed by atoms with van der Waals surface area (Å²) in [4.78, 5) is 0. The van der Waals surface area contributed by atoms with Crippen LogP contribution in [0.3, 0.4) is 0 Å². The number of hydrogen-bond acceptors (Lipinski definition) is 1. The van der Waals surface area contributed by atoms with E-state index < -0.39 is 0 Å². The molecule has 0 aromatic rings. The van der Waals surface area contributed by atoms with Gasteiger partial charge in [-0.3, -0.25) is 0 Å². The lowest BCUT2D eigenvalue weighted by atomic mass is 9.50. The topological polar surface area (TPSA) is 23.8 Å². The van der Waals surface area contributed by atoms with E-state index in [1.165, 1.54) is 0 Å². The van der Waals surface area contributed by atoms with Crippen molar-refractivity contribution in [2.45, 2.75) is 69.2 Å². The Balaban J connectivity index is 5.63. The third-order valence-corrected chi connectivity index (χ3v) is 5.44. The summed E-state index contributed by atoms with van der Waals surface area (Å²) >= 11 is 0. The SMILES string of the molecule is CC(C)(C)C(C)(C)C(C#N)C(C)(C)C(C)(C)C. The molecule has 0 bridgehead atoms. The Labute approximate surface area is 109 Å². The van der Waals surface area contributed by atoms with Crippen molar-refractivity contribution in [3.8, 4) is 6.07 Å². The van der Waals surface area contributed by atoms with E-state index in [2.05, 4.69) is 75.3 Å². The fourth-order valence-corrected chi connectivity index (χ4v) is 2.09. The Kier molecular flexibility index (Phi) is 4.17. The van der Waals surface area contributed by atoms with Crippen LogP contribution >= 0.6 is 0 Å². The second-order valence-electron chi connectivity index (χ2n) is 8.51. The van der Waals surface area contributed by atoms with E-state index in [1.54, 1.807) is 0 Å². The fourth-order valence-electron chi connectivity index (χ4n) is 2.09. The third kappa shape index (κ3) is 2.84. The summed E-state index contributed by atoms with van der Waals surface area (Å²) in [7, 11) is 0. The molecule has 1 heteroatoms. The van der Waals surface area contributed by atoms with Gasteiger partial charge in [0, 0.05) is 0 Å². The number of nitriles is 1. The zero-order valence-electron chi connectivity index (χ0n) is 13.5. The fraction of sp³-hybridized carbons (Fsp3) is 0.938. The highest BCUT2D eigenvalue weighted by Gasteiger charge is 2.51. The van der Waals surface area contributed by atoms with Gasteiger partial charge in [-0.2, -0.15) is 5.26 Å². The molecule has 0 aliphatic rings. The first-order chi connectivity index (χ1) is 7.19. The van der Waals surface area contributed by atoms with E-state index in [9.17, 15) is 5.26 Å². The number of nitrogens with zero attached hydrogens (tertiary/aromatic N) is 1. The van der Waals surface area contributed by atoms with Crippen molar-refractivity contribution in [1.82, 2.24) is 0 Å². The molecule has 0 saturated heterocycles. The van der Waals surface area contributed by atoms with Crippen molar-refractivity contribution >= 4 is 0 Å². The van der Waals surface area contributed by atoms with Crippen LogP contribution in [0, 0.1) is 38.9 Å². The summed E-state index contributed by atoms with van der Waals surface area (Å²) in [5.74, 6) is 0.0370. The Hall–Kier alpha value is -0.510. The standard InChI is InChI=1S/C16H31N/c1-13(2,3)15(7,8)12(11-17)16(9,10)14(4,5)6/h12H,1-10H3. The van der Waals surface area contributed by atoms with Gasteiger partial charge >= 0.3 is 0 Å². The zero-order valence-corrected chi connectivity index (χ0v) is 13.5. The minimum Gasteiger partial charge on any atom is -0.198 e. The van der Waals surface area contributed by atoms with Gasteiger partial charge in [0.15, 0.2) is 0 Å². The Morgan fingerprint density at radius 3 is 1.00 bits per heavy atom.